The molecule has 1 aliphatic heterocycles. The van der Waals surface area contributed by atoms with Crippen LogP contribution in [0.3, 0.4) is 0 Å². The Morgan fingerprint density at radius 3 is 2.61 bits per heavy atom. The number of carbonyl (C=O) groups excluding carboxylic acids is 1. The first-order chi connectivity index (χ1) is 13.5. The fourth-order valence-electron chi connectivity index (χ4n) is 3.63. The summed E-state index contributed by atoms with van der Waals surface area (Å²) in [7, 11) is 0. The van der Waals surface area contributed by atoms with Gasteiger partial charge in [0.2, 0.25) is 5.91 Å². The smallest absolute Gasteiger partial charge is 0.293 e. The number of primary amides is 1. The molecule has 1 aromatic heterocycles. The summed E-state index contributed by atoms with van der Waals surface area (Å²) in [5.74, 6) is -0.664. The lowest BCUT2D eigenvalue weighted by Crippen LogP contribution is -2.46. The van der Waals surface area contributed by atoms with Gasteiger partial charge in [-0.1, -0.05) is 18.2 Å². The minimum Gasteiger partial charge on any atom is -0.366 e. The lowest BCUT2D eigenvalue weighted by molar-refractivity contribution is -0.384. The van der Waals surface area contributed by atoms with Gasteiger partial charge >= 0.3 is 0 Å². The number of rotatable bonds is 5. The van der Waals surface area contributed by atoms with E-state index in [9.17, 15) is 14.9 Å². The van der Waals surface area contributed by atoms with Crippen LogP contribution in [0.2, 0.25) is 0 Å². The van der Waals surface area contributed by atoms with Crippen molar-refractivity contribution in [3.63, 3.8) is 0 Å². The van der Waals surface area contributed by atoms with Crippen molar-refractivity contribution in [3.8, 4) is 0 Å². The predicted molar refractivity (Wildman–Crippen MR) is 111 cm³/mol. The van der Waals surface area contributed by atoms with Crippen molar-refractivity contribution in [2.24, 2.45) is 5.73 Å². The lowest BCUT2D eigenvalue weighted by Gasteiger charge is -2.35. The van der Waals surface area contributed by atoms with Gasteiger partial charge in [-0.25, -0.2) is 0 Å². The van der Waals surface area contributed by atoms with Crippen LogP contribution in [0, 0.1) is 10.1 Å². The fraction of sp³-hybridized carbons (Fsp3) is 0.250. The van der Waals surface area contributed by atoms with E-state index in [1.54, 1.807) is 23.5 Å². The van der Waals surface area contributed by atoms with Crippen LogP contribution in [0.4, 0.5) is 11.4 Å². The Hall–Kier alpha value is -2.97. The molecular formula is C20H20N4O3S. The van der Waals surface area contributed by atoms with Gasteiger partial charge in [-0.15, -0.1) is 11.3 Å². The second-order valence-electron chi connectivity index (χ2n) is 6.85. The molecule has 8 heteroatoms. The van der Waals surface area contributed by atoms with E-state index in [4.69, 9.17) is 5.73 Å². The minimum absolute atomic E-state index is 0.0754. The third-order valence-electron chi connectivity index (χ3n) is 5.12. The first-order valence-electron chi connectivity index (χ1n) is 9.03. The summed E-state index contributed by atoms with van der Waals surface area (Å²) in [5, 5.41) is 15.0. The van der Waals surface area contributed by atoms with Crippen LogP contribution in [-0.2, 0) is 6.54 Å². The Balaban J connectivity index is 1.47. The van der Waals surface area contributed by atoms with Crippen molar-refractivity contribution < 1.29 is 9.72 Å². The molecule has 1 fully saturated rings. The standard InChI is InChI=1S/C20H20N4O3S/c21-20(25)14-5-6-17(18(11-14)24(26)27)23-9-7-22(8-10-23)12-15-13-28-19-4-2-1-3-16(15)19/h1-6,11,13H,7-10,12H2,(H2,21,25). The number of nitrogens with zero attached hydrogens (tertiary/aromatic N) is 3. The molecule has 1 aliphatic rings. The van der Waals surface area contributed by atoms with Crippen molar-refractivity contribution >= 4 is 38.7 Å². The Kier molecular flexibility index (Phi) is 4.97. The zero-order valence-electron chi connectivity index (χ0n) is 15.2. The summed E-state index contributed by atoms with van der Waals surface area (Å²) in [6, 6.07) is 12.8. The predicted octanol–water partition coefficient (Wildman–Crippen LogP) is 3.23. The number of nitro benzene ring substituents is 1. The third kappa shape index (κ3) is 3.56. The quantitative estimate of drug-likeness (QED) is 0.528. The summed E-state index contributed by atoms with van der Waals surface area (Å²) in [5.41, 5.74) is 7.19. The van der Waals surface area contributed by atoms with Gasteiger partial charge in [0.15, 0.2) is 0 Å². The van der Waals surface area contributed by atoms with E-state index >= 15 is 0 Å². The van der Waals surface area contributed by atoms with Crippen LogP contribution in [0.5, 0.6) is 0 Å². The molecule has 0 saturated carbocycles. The summed E-state index contributed by atoms with van der Waals surface area (Å²) in [6.07, 6.45) is 0. The molecule has 0 aliphatic carbocycles. The van der Waals surface area contributed by atoms with Crippen LogP contribution < -0.4 is 10.6 Å². The molecule has 0 radical (unpaired) electrons. The maximum atomic E-state index is 11.5. The number of nitro groups is 1. The molecule has 1 saturated heterocycles. The number of fused-ring (bicyclic) bond motifs is 1. The fourth-order valence-corrected chi connectivity index (χ4v) is 4.59. The van der Waals surface area contributed by atoms with Gasteiger partial charge in [0.25, 0.3) is 5.69 Å². The summed E-state index contributed by atoms with van der Waals surface area (Å²) in [6.45, 7) is 3.90. The van der Waals surface area contributed by atoms with E-state index in [1.165, 1.54) is 21.7 Å². The van der Waals surface area contributed by atoms with Crippen molar-refractivity contribution in [2.45, 2.75) is 6.54 Å². The van der Waals surface area contributed by atoms with Crippen molar-refractivity contribution in [3.05, 3.63) is 69.1 Å². The number of nitrogens with two attached hydrogens (primary N) is 1. The summed E-state index contributed by atoms with van der Waals surface area (Å²) in [4.78, 5) is 26.7. The summed E-state index contributed by atoms with van der Waals surface area (Å²) >= 11 is 1.76. The van der Waals surface area contributed by atoms with Gasteiger partial charge in [-0.3, -0.25) is 19.8 Å². The number of amides is 1. The lowest BCUT2D eigenvalue weighted by atomic mass is 10.1. The molecule has 144 valence electrons. The monoisotopic (exact) mass is 396 g/mol. The molecule has 7 nitrogen and oxygen atoms in total. The topological polar surface area (TPSA) is 92.7 Å². The van der Waals surface area contributed by atoms with Crippen LogP contribution >= 0.6 is 11.3 Å². The Bertz CT molecular complexity index is 1040. The van der Waals surface area contributed by atoms with E-state index in [0.717, 1.165) is 19.6 Å². The number of anilines is 1. The average Bonchev–Trinajstić information content (AvgIpc) is 3.11. The zero-order valence-corrected chi connectivity index (χ0v) is 16.0. The first-order valence-corrected chi connectivity index (χ1v) is 9.91. The molecule has 1 amide bonds. The Labute approximate surface area is 166 Å². The van der Waals surface area contributed by atoms with Crippen LogP contribution in [0.15, 0.2) is 47.8 Å². The Morgan fingerprint density at radius 1 is 1.14 bits per heavy atom. The van der Waals surface area contributed by atoms with Gasteiger partial charge in [0.05, 0.1) is 4.92 Å². The molecule has 2 heterocycles. The second-order valence-corrected chi connectivity index (χ2v) is 7.76. The van der Waals surface area contributed by atoms with Crippen molar-refractivity contribution in [1.29, 1.82) is 0 Å². The Morgan fingerprint density at radius 2 is 1.89 bits per heavy atom. The number of piperazine rings is 1. The second kappa shape index (κ2) is 7.57. The van der Waals surface area contributed by atoms with E-state index in [1.807, 2.05) is 4.90 Å². The highest BCUT2D eigenvalue weighted by Crippen LogP contribution is 2.31. The molecular weight excluding hydrogens is 376 g/mol. The van der Waals surface area contributed by atoms with Crippen LogP contribution in [0.25, 0.3) is 10.1 Å². The molecule has 3 aromatic rings. The summed E-state index contributed by atoms with van der Waals surface area (Å²) < 4.78 is 1.29. The minimum atomic E-state index is -0.664. The molecule has 0 spiro atoms. The molecule has 2 N–H and O–H groups in total. The number of hydrogen-bond donors (Lipinski definition) is 1. The zero-order chi connectivity index (χ0) is 19.7. The van der Waals surface area contributed by atoms with Gasteiger partial charge in [0.1, 0.15) is 5.69 Å². The van der Waals surface area contributed by atoms with Crippen LogP contribution in [-0.4, -0.2) is 41.9 Å². The van der Waals surface area contributed by atoms with Crippen molar-refractivity contribution in [2.75, 3.05) is 31.1 Å². The van der Waals surface area contributed by atoms with Crippen LogP contribution in [0.1, 0.15) is 15.9 Å². The van der Waals surface area contributed by atoms with Crippen molar-refractivity contribution in [1.82, 2.24) is 4.90 Å². The molecule has 0 unspecified atom stereocenters. The maximum absolute atomic E-state index is 11.5. The molecule has 4 rings (SSSR count). The van der Waals surface area contributed by atoms with Gasteiger partial charge in [-0.05, 0) is 34.5 Å². The molecule has 2 aromatic carbocycles. The molecule has 28 heavy (non-hydrogen) atoms. The molecule has 0 atom stereocenters. The largest absolute Gasteiger partial charge is 0.366 e. The number of thiophene rings is 1. The van der Waals surface area contributed by atoms with E-state index in [2.05, 4.69) is 34.5 Å². The number of benzene rings is 2. The van der Waals surface area contributed by atoms with Gasteiger partial charge in [-0.2, -0.15) is 0 Å². The van der Waals surface area contributed by atoms with E-state index < -0.39 is 10.8 Å². The number of hydrogen-bond acceptors (Lipinski definition) is 6. The van der Waals surface area contributed by atoms with E-state index in [0.29, 0.717) is 18.8 Å². The highest BCUT2D eigenvalue weighted by atomic mass is 32.1. The van der Waals surface area contributed by atoms with Gasteiger partial charge in [0, 0.05) is 49.1 Å². The first kappa shape index (κ1) is 18.4. The third-order valence-corrected chi connectivity index (χ3v) is 6.14. The highest BCUT2D eigenvalue weighted by Gasteiger charge is 2.25. The highest BCUT2D eigenvalue weighted by molar-refractivity contribution is 7.17. The molecule has 0 bridgehead atoms. The van der Waals surface area contributed by atoms with Gasteiger partial charge < -0.3 is 10.6 Å². The average molecular weight is 396 g/mol. The number of carbonyl (C=O) groups is 1. The van der Waals surface area contributed by atoms with E-state index in [-0.39, 0.29) is 11.3 Å². The normalized spacial score (nSPS) is 15.1. The SMILES string of the molecule is NC(=O)c1ccc(N2CCN(Cc3csc4ccccc34)CC2)c([N+](=O)[O-])c1. The maximum Gasteiger partial charge on any atom is 0.293 e.